The van der Waals surface area contributed by atoms with Gasteiger partial charge in [-0.25, -0.2) is 15.0 Å². The summed E-state index contributed by atoms with van der Waals surface area (Å²) in [6.45, 7) is 2.88. The van der Waals surface area contributed by atoms with Crippen molar-refractivity contribution in [2.24, 2.45) is 0 Å². The second-order valence-electron chi connectivity index (χ2n) is 5.17. The molecule has 8 heteroatoms. The molecule has 0 aliphatic rings. The zero-order valence-corrected chi connectivity index (χ0v) is 12.7. The largest absolute Gasteiger partial charge is 0.382 e. The first-order valence-corrected chi connectivity index (χ1v) is 7.25. The quantitative estimate of drug-likeness (QED) is 0.718. The van der Waals surface area contributed by atoms with Gasteiger partial charge in [-0.1, -0.05) is 6.07 Å². The first-order chi connectivity index (χ1) is 11.2. The van der Waals surface area contributed by atoms with E-state index in [1.54, 1.807) is 18.7 Å². The Labute approximate surface area is 132 Å². The maximum Gasteiger partial charge on any atom is 0.227 e. The Balaban J connectivity index is 1.60. The predicted octanol–water partition coefficient (Wildman–Crippen LogP) is 0.723. The minimum atomic E-state index is -0.249. The van der Waals surface area contributed by atoms with Crippen LogP contribution >= 0.6 is 0 Å². The molecule has 3 heterocycles. The van der Waals surface area contributed by atoms with Gasteiger partial charge >= 0.3 is 0 Å². The number of aromatic nitrogens is 5. The van der Waals surface area contributed by atoms with Gasteiger partial charge in [0.25, 0.3) is 0 Å². The second-order valence-corrected chi connectivity index (χ2v) is 5.17. The van der Waals surface area contributed by atoms with Crippen LogP contribution in [0, 0.1) is 0 Å². The second kappa shape index (κ2) is 6.39. The van der Waals surface area contributed by atoms with Crippen molar-refractivity contribution in [2.75, 3.05) is 12.3 Å². The summed E-state index contributed by atoms with van der Waals surface area (Å²) < 4.78 is 1.84. The highest BCUT2D eigenvalue weighted by atomic mass is 16.1. The van der Waals surface area contributed by atoms with E-state index < -0.39 is 0 Å². The summed E-state index contributed by atoms with van der Waals surface area (Å²) >= 11 is 0. The SMILES string of the molecule is CC(C(=O)NCCn1cnc2c(N)ncnc21)c1cccnc1. The molecule has 0 spiro atoms. The Morgan fingerprint density at radius 1 is 1.39 bits per heavy atom. The van der Waals surface area contributed by atoms with Crippen LogP contribution in [0.3, 0.4) is 0 Å². The van der Waals surface area contributed by atoms with Crippen LogP contribution in [0.2, 0.25) is 0 Å². The average molecular weight is 311 g/mol. The molecular formula is C15H17N7O. The fourth-order valence-electron chi connectivity index (χ4n) is 2.30. The third-order valence-electron chi connectivity index (χ3n) is 3.66. The molecule has 8 nitrogen and oxygen atoms in total. The Morgan fingerprint density at radius 2 is 2.26 bits per heavy atom. The Morgan fingerprint density at radius 3 is 3.04 bits per heavy atom. The van der Waals surface area contributed by atoms with Gasteiger partial charge in [0.05, 0.1) is 12.2 Å². The lowest BCUT2D eigenvalue weighted by atomic mass is 10.0. The maximum absolute atomic E-state index is 12.2. The standard InChI is InChI=1S/C15H17N7O/c1-10(11-3-2-4-17-7-11)15(23)18-5-6-22-9-21-12-13(16)19-8-20-14(12)22/h2-4,7-10H,5-6H2,1H3,(H,18,23)(H2,16,19,20). The number of hydrogen-bond donors (Lipinski definition) is 2. The number of nitrogens with two attached hydrogens (primary N) is 1. The maximum atomic E-state index is 12.2. The number of imidazole rings is 1. The van der Waals surface area contributed by atoms with E-state index in [0.29, 0.717) is 30.1 Å². The molecule has 1 amide bonds. The van der Waals surface area contributed by atoms with Gasteiger partial charge < -0.3 is 15.6 Å². The number of pyridine rings is 1. The molecule has 3 rings (SSSR count). The Hall–Kier alpha value is -3.03. The highest BCUT2D eigenvalue weighted by Crippen LogP contribution is 2.14. The minimum absolute atomic E-state index is 0.0449. The molecule has 0 bridgehead atoms. The summed E-state index contributed by atoms with van der Waals surface area (Å²) in [5.74, 6) is 0.0562. The fourth-order valence-corrected chi connectivity index (χ4v) is 2.30. The molecule has 3 N–H and O–H groups in total. The van der Waals surface area contributed by atoms with E-state index in [2.05, 4.69) is 25.3 Å². The van der Waals surface area contributed by atoms with Crippen molar-refractivity contribution in [3.8, 4) is 0 Å². The van der Waals surface area contributed by atoms with E-state index in [9.17, 15) is 4.79 Å². The first kappa shape index (κ1) is 14.9. The number of nitrogens with zero attached hydrogens (tertiary/aromatic N) is 5. The molecular weight excluding hydrogens is 294 g/mol. The molecule has 0 saturated heterocycles. The molecule has 0 aliphatic heterocycles. The molecule has 0 aliphatic carbocycles. The summed E-state index contributed by atoms with van der Waals surface area (Å²) in [7, 11) is 0. The third-order valence-corrected chi connectivity index (χ3v) is 3.66. The van der Waals surface area contributed by atoms with Crippen LogP contribution in [-0.4, -0.2) is 37.0 Å². The first-order valence-electron chi connectivity index (χ1n) is 7.25. The van der Waals surface area contributed by atoms with Crippen molar-refractivity contribution < 1.29 is 4.79 Å². The van der Waals surface area contributed by atoms with E-state index in [-0.39, 0.29) is 11.8 Å². The Bertz CT molecular complexity index is 815. The van der Waals surface area contributed by atoms with Crippen LogP contribution in [0.5, 0.6) is 0 Å². The van der Waals surface area contributed by atoms with Gasteiger partial charge in [0.15, 0.2) is 11.5 Å². The number of carbonyl (C=O) groups is 1. The van der Waals surface area contributed by atoms with Crippen molar-refractivity contribution in [3.63, 3.8) is 0 Å². The number of carbonyl (C=O) groups excluding carboxylic acids is 1. The molecule has 1 unspecified atom stereocenters. The van der Waals surface area contributed by atoms with E-state index in [4.69, 9.17) is 5.73 Å². The van der Waals surface area contributed by atoms with E-state index in [0.717, 1.165) is 5.56 Å². The van der Waals surface area contributed by atoms with Crippen LogP contribution in [0.4, 0.5) is 5.82 Å². The van der Waals surface area contributed by atoms with Gasteiger partial charge in [-0.05, 0) is 18.6 Å². The predicted molar refractivity (Wildman–Crippen MR) is 85.4 cm³/mol. The normalized spacial score (nSPS) is 12.2. The molecule has 23 heavy (non-hydrogen) atoms. The van der Waals surface area contributed by atoms with Crippen LogP contribution in [0.1, 0.15) is 18.4 Å². The van der Waals surface area contributed by atoms with Crippen molar-refractivity contribution in [1.82, 2.24) is 29.8 Å². The summed E-state index contributed by atoms with van der Waals surface area (Å²) in [4.78, 5) is 28.5. The van der Waals surface area contributed by atoms with Gasteiger partial charge in [0.1, 0.15) is 11.8 Å². The minimum Gasteiger partial charge on any atom is -0.382 e. The zero-order chi connectivity index (χ0) is 16.2. The number of hydrogen-bond acceptors (Lipinski definition) is 6. The number of nitrogen functional groups attached to an aromatic ring is 1. The molecule has 0 saturated carbocycles. The van der Waals surface area contributed by atoms with E-state index in [1.165, 1.54) is 6.33 Å². The molecule has 0 radical (unpaired) electrons. The van der Waals surface area contributed by atoms with Crippen LogP contribution in [0.25, 0.3) is 11.2 Å². The fraction of sp³-hybridized carbons (Fsp3) is 0.267. The molecule has 3 aromatic heterocycles. The molecule has 3 aromatic rings. The topological polar surface area (TPSA) is 112 Å². The van der Waals surface area contributed by atoms with Crippen LogP contribution < -0.4 is 11.1 Å². The van der Waals surface area contributed by atoms with E-state index in [1.807, 2.05) is 23.6 Å². The van der Waals surface area contributed by atoms with Crippen LogP contribution in [0.15, 0.2) is 37.2 Å². The summed E-state index contributed by atoms with van der Waals surface area (Å²) in [6.07, 6.45) is 6.43. The highest BCUT2D eigenvalue weighted by molar-refractivity contribution is 5.83. The average Bonchev–Trinajstić information content (AvgIpc) is 2.99. The van der Waals surface area contributed by atoms with Gasteiger partial charge in [0.2, 0.25) is 5.91 Å². The number of amides is 1. The summed E-state index contributed by atoms with van der Waals surface area (Å²) in [5, 5.41) is 2.91. The number of fused-ring (bicyclic) bond motifs is 1. The molecule has 0 fully saturated rings. The molecule has 118 valence electrons. The summed E-state index contributed by atoms with van der Waals surface area (Å²) in [5.41, 5.74) is 7.87. The lowest BCUT2D eigenvalue weighted by molar-refractivity contribution is -0.122. The lowest BCUT2D eigenvalue weighted by Crippen LogP contribution is -2.30. The smallest absolute Gasteiger partial charge is 0.227 e. The third kappa shape index (κ3) is 3.10. The zero-order valence-electron chi connectivity index (χ0n) is 12.7. The summed E-state index contributed by atoms with van der Waals surface area (Å²) in [6, 6.07) is 3.71. The molecule has 0 aromatic carbocycles. The van der Waals surface area contributed by atoms with Crippen molar-refractivity contribution in [3.05, 3.63) is 42.7 Å². The van der Waals surface area contributed by atoms with Gasteiger partial charge in [-0.15, -0.1) is 0 Å². The lowest BCUT2D eigenvalue weighted by Gasteiger charge is -2.12. The highest BCUT2D eigenvalue weighted by Gasteiger charge is 2.15. The number of rotatable bonds is 5. The van der Waals surface area contributed by atoms with Gasteiger partial charge in [-0.3, -0.25) is 9.78 Å². The Kier molecular flexibility index (Phi) is 4.13. The van der Waals surface area contributed by atoms with Crippen molar-refractivity contribution >= 4 is 22.9 Å². The van der Waals surface area contributed by atoms with E-state index >= 15 is 0 Å². The number of anilines is 1. The van der Waals surface area contributed by atoms with Gasteiger partial charge in [-0.2, -0.15) is 0 Å². The van der Waals surface area contributed by atoms with Crippen molar-refractivity contribution in [1.29, 1.82) is 0 Å². The van der Waals surface area contributed by atoms with Crippen LogP contribution in [-0.2, 0) is 11.3 Å². The molecule has 1 atom stereocenters. The monoisotopic (exact) mass is 311 g/mol. The van der Waals surface area contributed by atoms with Gasteiger partial charge in [0, 0.05) is 25.5 Å². The van der Waals surface area contributed by atoms with Crippen molar-refractivity contribution in [2.45, 2.75) is 19.4 Å². The number of nitrogens with one attached hydrogen (secondary N) is 1.